The summed E-state index contributed by atoms with van der Waals surface area (Å²) in [5.74, 6) is 0.0260. The summed E-state index contributed by atoms with van der Waals surface area (Å²) in [5, 5.41) is 5.63. The number of carbonyl (C=O) groups excluding carboxylic acids is 2. The van der Waals surface area contributed by atoms with Gasteiger partial charge in [-0.1, -0.05) is 18.9 Å². The van der Waals surface area contributed by atoms with Crippen molar-refractivity contribution < 1.29 is 9.59 Å². The van der Waals surface area contributed by atoms with Crippen LogP contribution in [0.5, 0.6) is 0 Å². The van der Waals surface area contributed by atoms with Gasteiger partial charge >= 0.3 is 0 Å². The molecule has 0 aliphatic heterocycles. The molecule has 1 aliphatic carbocycles. The van der Waals surface area contributed by atoms with Gasteiger partial charge in [0.2, 0.25) is 0 Å². The highest BCUT2D eigenvalue weighted by atomic mass is 35.5. The number of amides is 2. The van der Waals surface area contributed by atoms with Crippen LogP contribution in [-0.2, 0) is 0 Å². The molecular weight excluding hydrogens is 302 g/mol. The van der Waals surface area contributed by atoms with E-state index in [2.05, 4.69) is 10.6 Å². The van der Waals surface area contributed by atoms with Crippen molar-refractivity contribution in [3.8, 4) is 0 Å². The maximum atomic E-state index is 12.4. The van der Waals surface area contributed by atoms with Crippen LogP contribution >= 0.6 is 12.4 Å². The topological polar surface area (TPSA) is 84.2 Å². The minimum atomic E-state index is -0.192. The quantitative estimate of drug-likeness (QED) is 0.788. The number of hydrogen-bond acceptors (Lipinski definition) is 3. The molecule has 1 saturated carbocycles. The van der Waals surface area contributed by atoms with Gasteiger partial charge in [-0.25, -0.2) is 0 Å². The highest BCUT2D eigenvalue weighted by Gasteiger charge is 2.25. The van der Waals surface area contributed by atoms with E-state index in [0.717, 1.165) is 19.3 Å². The Morgan fingerprint density at radius 3 is 2.45 bits per heavy atom. The highest BCUT2D eigenvalue weighted by Crippen LogP contribution is 2.23. The van der Waals surface area contributed by atoms with Crippen LogP contribution in [0.4, 0.5) is 0 Å². The van der Waals surface area contributed by atoms with Gasteiger partial charge in [0.1, 0.15) is 0 Å². The lowest BCUT2D eigenvalue weighted by molar-refractivity contribution is 0.0908. The number of hydrogen-bond donors (Lipinski definition) is 3. The summed E-state index contributed by atoms with van der Waals surface area (Å²) in [6.45, 7) is 0.600. The molecule has 2 atom stereocenters. The van der Waals surface area contributed by atoms with Crippen molar-refractivity contribution in [3.05, 3.63) is 35.4 Å². The van der Waals surface area contributed by atoms with Gasteiger partial charge in [0.15, 0.2) is 0 Å². The molecule has 0 aromatic heterocycles. The first-order valence-corrected chi connectivity index (χ1v) is 7.48. The van der Waals surface area contributed by atoms with E-state index in [0.29, 0.717) is 23.6 Å². The summed E-state index contributed by atoms with van der Waals surface area (Å²) in [6.07, 6.45) is 4.35. The van der Waals surface area contributed by atoms with Crippen LogP contribution in [0.3, 0.4) is 0 Å². The molecule has 2 unspecified atom stereocenters. The van der Waals surface area contributed by atoms with Crippen molar-refractivity contribution in [2.45, 2.75) is 31.7 Å². The van der Waals surface area contributed by atoms with Crippen LogP contribution in [0.1, 0.15) is 46.4 Å². The standard InChI is InChI=1S/C16H23N3O2.ClH/c1-18-15(20)11-6-4-7-12(9-11)16(21)19-14-8-3-2-5-13(14)10-17;/h4,6-7,9,13-14H,2-3,5,8,10,17H2,1H3,(H,18,20)(H,19,21);1H. The zero-order valence-corrected chi connectivity index (χ0v) is 13.6. The summed E-state index contributed by atoms with van der Waals surface area (Å²) >= 11 is 0. The van der Waals surface area contributed by atoms with E-state index in [-0.39, 0.29) is 30.3 Å². The lowest BCUT2D eigenvalue weighted by atomic mass is 9.84. The minimum absolute atomic E-state index is 0. The van der Waals surface area contributed by atoms with Crippen molar-refractivity contribution in [3.63, 3.8) is 0 Å². The monoisotopic (exact) mass is 325 g/mol. The largest absolute Gasteiger partial charge is 0.355 e. The van der Waals surface area contributed by atoms with E-state index in [4.69, 9.17) is 5.73 Å². The van der Waals surface area contributed by atoms with Crippen LogP contribution in [-0.4, -0.2) is 31.4 Å². The van der Waals surface area contributed by atoms with E-state index in [1.165, 1.54) is 6.42 Å². The molecule has 22 heavy (non-hydrogen) atoms. The molecule has 1 fully saturated rings. The van der Waals surface area contributed by atoms with Gasteiger partial charge in [-0.05, 0) is 43.5 Å². The fourth-order valence-corrected chi connectivity index (χ4v) is 2.88. The molecule has 5 nitrogen and oxygen atoms in total. The zero-order valence-electron chi connectivity index (χ0n) is 12.8. The average molecular weight is 326 g/mol. The van der Waals surface area contributed by atoms with Gasteiger partial charge in [0.05, 0.1) is 0 Å². The van der Waals surface area contributed by atoms with Crippen molar-refractivity contribution in [2.75, 3.05) is 13.6 Å². The smallest absolute Gasteiger partial charge is 0.251 e. The predicted octanol–water partition coefficient (Wildman–Crippen LogP) is 1.72. The van der Waals surface area contributed by atoms with Gasteiger partial charge in [-0.2, -0.15) is 0 Å². The van der Waals surface area contributed by atoms with Gasteiger partial charge in [0, 0.05) is 24.2 Å². The van der Waals surface area contributed by atoms with Crippen LogP contribution in [0.15, 0.2) is 24.3 Å². The Balaban J connectivity index is 0.00000242. The summed E-state index contributed by atoms with van der Waals surface area (Å²) in [7, 11) is 1.57. The third-order valence-electron chi connectivity index (χ3n) is 4.14. The lowest BCUT2D eigenvalue weighted by Crippen LogP contribution is -2.44. The number of halogens is 1. The molecule has 0 bridgehead atoms. The Kier molecular flexibility index (Phi) is 7.35. The SMILES string of the molecule is CNC(=O)c1cccc(C(=O)NC2CCCCC2CN)c1.Cl. The Hall–Kier alpha value is -1.59. The van der Waals surface area contributed by atoms with Crippen LogP contribution < -0.4 is 16.4 Å². The van der Waals surface area contributed by atoms with Crippen molar-refractivity contribution in [1.82, 2.24) is 10.6 Å². The molecule has 122 valence electrons. The van der Waals surface area contributed by atoms with Crippen molar-refractivity contribution in [1.29, 1.82) is 0 Å². The second-order valence-electron chi connectivity index (χ2n) is 5.52. The van der Waals surface area contributed by atoms with Crippen molar-refractivity contribution >= 4 is 24.2 Å². The van der Waals surface area contributed by atoms with E-state index >= 15 is 0 Å². The number of nitrogens with two attached hydrogens (primary N) is 1. The second kappa shape index (κ2) is 8.76. The number of benzene rings is 1. The molecule has 1 aromatic rings. The zero-order chi connectivity index (χ0) is 15.2. The molecule has 0 radical (unpaired) electrons. The lowest BCUT2D eigenvalue weighted by Gasteiger charge is -2.31. The van der Waals surface area contributed by atoms with Crippen LogP contribution in [0, 0.1) is 5.92 Å². The molecule has 0 spiro atoms. The number of carbonyl (C=O) groups is 2. The molecule has 1 aliphatic rings. The summed E-state index contributed by atoms with van der Waals surface area (Å²) in [4.78, 5) is 24.0. The molecule has 2 amide bonds. The van der Waals surface area contributed by atoms with Gasteiger partial charge < -0.3 is 16.4 Å². The van der Waals surface area contributed by atoms with E-state index in [1.807, 2.05) is 0 Å². The van der Waals surface area contributed by atoms with Crippen LogP contribution in [0.2, 0.25) is 0 Å². The third kappa shape index (κ3) is 4.45. The van der Waals surface area contributed by atoms with E-state index < -0.39 is 0 Å². The number of rotatable bonds is 4. The third-order valence-corrected chi connectivity index (χ3v) is 4.14. The van der Waals surface area contributed by atoms with Gasteiger partial charge in [-0.15, -0.1) is 12.4 Å². The normalized spacial score (nSPS) is 20.6. The fourth-order valence-electron chi connectivity index (χ4n) is 2.88. The molecule has 6 heteroatoms. The van der Waals surface area contributed by atoms with Gasteiger partial charge in [0.25, 0.3) is 11.8 Å². The predicted molar refractivity (Wildman–Crippen MR) is 89.3 cm³/mol. The van der Waals surface area contributed by atoms with E-state index in [1.54, 1.807) is 31.3 Å². The minimum Gasteiger partial charge on any atom is -0.355 e. The molecule has 0 saturated heterocycles. The average Bonchev–Trinajstić information content (AvgIpc) is 2.54. The molecule has 4 N–H and O–H groups in total. The Labute approximate surface area is 137 Å². The molecule has 2 rings (SSSR count). The first-order chi connectivity index (χ1) is 10.2. The summed E-state index contributed by atoms with van der Waals surface area (Å²) in [5.41, 5.74) is 6.79. The Bertz CT molecular complexity index is 522. The summed E-state index contributed by atoms with van der Waals surface area (Å²) < 4.78 is 0. The molecular formula is C16H24ClN3O2. The first-order valence-electron chi connectivity index (χ1n) is 7.48. The van der Waals surface area contributed by atoms with Crippen LogP contribution in [0.25, 0.3) is 0 Å². The Morgan fingerprint density at radius 1 is 1.18 bits per heavy atom. The Morgan fingerprint density at radius 2 is 1.82 bits per heavy atom. The van der Waals surface area contributed by atoms with E-state index in [9.17, 15) is 9.59 Å². The molecule has 1 aromatic carbocycles. The number of nitrogens with one attached hydrogen (secondary N) is 2. The van der Waals surface area contributed by atoms with Crippen molar-refractivity contribution in [2.24, 2.45) is 11.7 Å². The highest BCUT2D eigenvalue weighted by molar-refractivity contribution is 5.99. The maximum Gasteiger partial charge on any atom is 0.251 e. The van der Waals surface area contributed by atoms with Gasteiger partial charge in [-0.3, -0.25) is 9.59 Å². The fraction of sp³-hybridized carbons (Fsp3) is 0.500. The molecule has 0 heterocycles. The second-order valence-corrected chi connectivity index (χ2v) is 5.52. The summed E-state index contributed by atoms with van der Waals surface area (Å²) in [6, 6.07) is 6.90. The first kappa shape index (κ1) is 18.5. The maximum absolute atomic E-state index is 12.4.